The Morgan fingerprint density at radius 2 is 2.05 bits per heavy atom. The number of halogens is 1. The van der Waals surface area contributed by atoms with Crippen LogP contribution in [0, 0.1) is 6.92 Å². The van der Waals surface area contributed by atoms with E-state index in [0.717, 1.165) is 11.1 Å². The molecule has 0 aliphatic carbocycles. The van der Waals surface area contributed by atoms with Gasteiger partial charge in [0.15, 0.2) is 0 Å². The van der Waals surface area contributed by atoms with Gasteiger partial charge in [0.1, 0.15) is 17.5 Å². The number of nitrogens with zero attached hydrogens (tertiary/aromatic N) is 1. The van der Waals surface area contributed by atoms with Crippen molar-refractivity contribution in [2.45, 2.75) is 20.5 Å². The van der Waals surface area contributed by atoms with Crippen LogP contribution in [0.15, 0.2) is 36.5 Å². The molecule has 0 unspecified atom stereocenters. The van der Waals surface area contributed by atoms with Crippen molar-refractivity contribution in [1.29, 1.82) is 0 Å². The first-order valence-electron chi connectivity index (χ1n) is 6.74. The van der Waals surface area contributed by atoms with Crippen LogP contribution in [-0.2, 0) is 16.6 Å². The van der Waals surface area contributed by atoms with Gasteiger partial charge < -0.3 is 4.74 Å². The zero-order valence-corrected chi connectivity index (χ0v) is 13.9. The highest BCUT2D eigenvalue weighted by molar-refractivity contribution is 7.92. The molecule has 0 spiro atoms. The van der Waals surface area contributed by atoms with Crippen LogP contribution in [0.2, 0.25) is 5.15 Å². The van der Waals surface area contributed by atoms with E-state index in [1.165, 1.54) is 0 Å². The van der Waals surface area contributed by atoms with Crippen LogP contribution in [0.3, 0.4) is 0 Å². The van der Waals surface area contributed by atoms with Crippen molar-refractivity contribution in [2.75, 3.05) is 10.5 Å². The van der Waals surface area contributed by atoms with Gasteiger partial charge in [0.2, 0.25) is 10.0 Å². The zero-order chi connectivity index (χ0) is 16.2. The molecule has 0 saturated carbocycles. The second kappa shape index (κ2) is 6.98. The number of ether oxygens (including phenoxy) is 1. The standard InChI is InChI=1S/C15H17ClN2O3S/c1-3-22(19,20)18-13-8-11(2)4-6-14(13)21-10-12-5-7-15(16)17-9-12/h4-9,18H,3,10H2,1-2H3. The van der Waals surface area contributed by atoms with E-state index in [4.69, 9.17) is 16.3 Å². The van der Waals surface area contributed by atoms with Crippen molar-refractivity contribution in [2.24, 2.45) is 0 Å². The predicted molar refractivity (Wildman–Crippen MR) is 87.8 cm³/mol. The number of sulfonamides is 1. The summed E-state index contributed by atoms with van der Waals surface area (Å²) in [5, 5.41) is 0.412. The van der Waals surface area contributed by atoms with E-state index in [1.54, 1.807) is 37.4 Å². The second-order valence-electron chi connectivity index (χ2n) is 4.78. The molecule has 0 radical (unpaired) electrons. The lowest BCUT2D eigenvalue weighted by Crippen LogP contribution is -2.15. The van der Waals surface area contributed by atoms with Gasteiger partial charge in [-0.2, -0.15) is 0 Å². The van der Waals surface area contributed by atoms with Crippen molar-refractivity contribution < 1.29 is 13.2 Å². The molecule has 2 rings (SSSR count). The topological polar surface area (TPSA) is 68.3 Å². The quantitative estimate of drug-likeness (QED) is 0.818. The smallest absolute Gasteiger partial charge is 0.232 e. The number of nitrogens with one attached hydrogen (secondary N) is 1. The Morgan fingerprint density at radius 3 is 2.68 bits per heavy atom. The Labute approximate surface area is 135 Å². The number of anilines is 1. The highest BCUT2D eigenvalue weighted by atomic mass is 35.5. The highest BCUT2D eigenvalue weighted by Gasteiger charge is 2.12. The van der Waals surface area contributed by atoms with Crippen molar-refractivity contribution in [3.8, 4) is 5.75 Å². The van der Waals surface area contributed by atoms with Crippen LogP contribution in [0.4, 0.5) is 5.69 Å². The molecular weight excluding hydrogens is 324 g/mol. The molecule has 1 N–H and O–H groups in total. The van der Waals surface area contributed by atoms with Crippen LogP contribution < -0.4 is 9.46 Å². The Balaban J connectivity index is 2.18. The van der Waals surface area contributed by atoms with Crippen LogP contribution in [0.5, 0.6) is 5.75 Å². The number of aromatic nitrogens is 1. The van der Waals surface area contributed by atoms with Crippen LogP contribution in [-0.4, -0.2) is 19.2 Å². The van der Waals surface area contributed by atoms with Crippen LogP contribution in [0.25, 0.3) is 0 Å². The van der Waals surface area contributed by atoms with E-state index in [-0.39, 0.29) is 12.4 Å². The predicted octanol–water partition coefficient (Wildman–Crippen LogP) is 3.38. The fourth-order valence-electron chi connectivity index (χ4n) is 1.74. The number of benzene rings is 1. The molecule has 1 aromatic heterocycles. The summed E-state index contributed by atoms with van der Waals surface area (Å²) in [6.07, 6.45) is 1.62. The molecule has 1 aromatic carbocycles. The molecule has 0 fully saturated rings. The van der Waals surface area contributed by atoms with Gasteiger partial charge in [0.05, 0.1) is 11.4 Å². The average Bonchev–Trinajstić information content (AvgIpc) is 2.48. The summed E-state index contributed by atoms with van der Waals surface area (Å²) in [5.74, 6) is 0.471. The molecule has 7 heteroatoms. The third-order valence-corrected chi connectivity index (χ3v) is 4.48. The second-order valence-corrected chi connectivity index (χ2v) is 7.18. The maximum absolute atomic E-state index is 11.8. The molecule has 0 bridgehead atoms. The van der Waals surface area contributed by atoms with Crippen molar-refractivity contribution >= 4 is 27.3 Å². The molecule has 5 nitrogen and oxygen atoms in total. The van der Waals surface area contributed by atoms with Crippen LogP contribution >= 0.6 is 11.6 Å². The van der Waals surface area contributed by atoms with Crippen molar-refractivity contribution in [1.82, 2.24) is 4.98 Å². The summed E-state index contributed by atoms with van der Waals surface area (Å²) >= 11 is 5.73. The number of aryl methyl sites for hydroxylation is 1. The summed E-state index contributed by atoms with van der Waals surface area (Å²) in [5.41, 5.74) is 2.22. The fraction of sp³-hybridized carbons (Fsp3) is 0.267. The average molecular weight is 341 g/mol. The molecule has 0 atom stereocenters. The molecule has 0 amide bonds. The minimum absolute atomic E-state index is 0.00147. The Kier molecular flexibility index (Phi) is 5.26. The first-order valence-corrected chi connectivity index (χ1v) is 8.77. The van der Waals surface area contributed by atoms with E-state index >= 15 is 0 Å². The summed E-state index contributed by atoms with van der Waals surface area (Å²) in [6.45, 7) is 3.74. The molecule has 2 aromatic rings. The SMILES string of the molecule is CCS(=O)(=O)Nc1cc(C)ccc1OCc1ccc(Cl)nc1. The lowest BCUT2D eigenvalue weighted by atomic mass is 10.2. The summed E-state index contributed by atoms with van der Waals surface area (Å²) in [6, 6.07) is 8.82. The van der Waals surface area contributed by atoms with Gasteiger partial charge in [-0.15, -0.1) is 0 Å². The summed E-state index contributed by atoms with van der Waals surface area (Å²) in [4.78, 5) is 3.97. The van der Waals surface area contributed by atoms with Gasteiger partial charge in [0, 0.05) is 11.8 Å². The molecule has 0 aliphatic heterocycles. The van der Waals surface area contributed by atoms with Gasteiger partial charge in [-0.05, 0) is 37.6 Å². The van der Waals surface area contributed by atoms with Crippen molar-refractivity contribution in [3.05, 3.63) is 52.8 Å². The lowest BCUT2D eigenvalue weighted by molar-refractivity contribution is 0.307. The van der Waals surface area contributed by atoms with Gasteiger partial charge in [-0.1, -0.05) is 23.7 Å². The van der Waals surface area contributed by atoms with E-state index < -0.39 is 10.0 Å². The highest BCUT2D eigenvalue weighted by Crippen LogP contribution is 2.27. The fourth-order valence-corrected chi connectivity index (χ4v) is 2.49. The third-order valence-electron chi connectivity index (χ3n) is 2.96. The van der Waals surface area contributed by atoms with E-state index in [1.807, 2.05) is 13.0 Å². The van der Waals surface area contributed by atoms with E-state index in [2.05, 4.69) is 9.71 Å². The normalized spacial score (nSPS) is 11.2. The largest absolute Gasteiger partial charge is 0.487 e. The Bertz CT molecular complexity index is 746. The molecule has 1 heterocycles. The Morgan fingerprint density at radius 1 is 1.27 bits per heavy atom. The van der Waals surface area contributed by atoms with E-state index in [0.29, 0.717) is 16.6 Å². The molecule has 0 aliphatic rings. The number of rotatable bonds is 6. The summed E-state index contributed by atoms with van der Waals surface area (Å²) in [7, 11) is -3.36. The lowest BCUT2D eigenvalue weighted by Gasteiger charge is -2.14. The number of pyridine rings is 1. The maximum atomic E-state index is 11.8. The summed E-state index contributed by atoms with van der Waals surface area (Å²) < 4.78 is 31.7. The third kappa shape index (κ3) is 4.61. The van der Waals surface area contributed by atoms with Crippen molar-refractivity contribution in [3.63, 3.8) is 0 Å². The minimum atomic E-state index is -3.36. The zero-order valence-electron chi connectivity index (χ0n) is 12.3. The maximum Gasteiger partial charge on any atom is 0.232 e. The molecule has 0 saturated heterocycles. The molecular formula is C15H17ClN2O3S. The van der Waals surface area contributed by atoms with Gasteiger partial charge in [-0.3, -0.25) is 4.72 Å². The van der Waals surface area contributed by atoms with Gasteiger partial charge in [0.25, 0.3) is 0 Å². The van der Waals surface area contributed by atoms with Crippen LogP contribution in [0.1, 0.15) is 18.1 Å². The Hall–Kier alpha value is -1.79. The monoisotopic (exact) mass is 340 g/mol. The molecule has 118 valence electrons. The number of hydrogen-bond acceptors (Lipinski definition) is 4. The van der Waals surface area contributed by atoms with E-state index in [9.17, 15) is 8.42 Å². The van der Waals surface area contributed by atoms with Gasteiger partial charge in [-0.25, -0.2) is 13.4 Å². The first kappa shape index (κ1) is 16.6. The minimum Gasteiger partial charge on any atom is -0.487 e. The molecule has 22 heavy (non-hydrogen) atoms. The first-order chi connectivity index (χ1) is 10.4. The van der Waals surface area contributed by atoms with Gasteiger partial charge >= 0.3 is 0 Å². The number of hydrogen-bond donors (Lipinski definition) is 1.